The molecular formula is C13H25N3O. The van der Waals surface area contributed by atoms with E-state index in [-0.39, 0.29) is 11.9 Å². The summed E-state index contributed by atoms with van der Waals surface area (Å²) in [5.74, 6) is -0.193. The highest BCUT2D eigenvalue weighted by molar-refractivity contribution is 5.79. The fourth-order valence-electron chi connectivity index (χ4n) is 3.10. The highest BCUT2D eigenvalue weighted by atomic mass is 16.1. The maximum absolute atomic E-state index is 11.2. The summed E-state index contributed by atoms with van der Waals surface area (Å²) < 4.78 is 0. The Balaban J connectivity index is 1.79. The minimum absolute atomic E-state index is 0.0997. The first kappa shape index (κ1) is 12.8. The number of carbonyl (C=O) groups excluding carboxylic acids is 1. The number of likely N-dealkylation sites (tertiary alicyclic amines) is 2. The van der Waals surface area contributed by atoms with Crippen LogP contribution in [0, 0.1) is 0 Å². The number of rotatable bonds is 3. The van der Waals surface area contributed by atoms with Gasteiger partial charge in [-0.05, 0) is 45.7 Å². The lowest BCUT2D eigenvalue weighted by Gasteiger charge is -2.41. The van der Waals surface area contributed by atoms with Gasteiger partial charge in [-0.1, -0.05) is 6.42 Å². The SMILES string of the molecule is CC(C(N)=O)N1CCC(N2CCCCC2)CC1. The van der Waals surface area contributed by atoms with Crippen LogP contribution >= 0.6 is 0 Å². The van der Waals surface area contributed by atoms with Gasteiger partial charge in [-0.2, -0.15) is 0 Å². The highest BCUT2D eigenvalue weighted by Gasteiger charge is 2.28. The van der Waals surface area contributed by atoms with E-state index >= 15 is 0 Å². The molecule has 1 atom stereocenters. The second-order valence-electron chi connectivity index (χ2n) is 5.44. The first-order valence-corrected chi connectivity index (χ1v) is 6.96. The standard InChI is InChI=1S/C13H25N3O/c1-11(13(14)17)15-9-5-12(6-10-15)16-7-3-2-4-8-16/h11-12H,2-10H2,1H3,(H2,14,17). The van der Waals surface area contributed by atoms with Gasteiger partial charge in [0.05, 0.1) is 6.04 Å². The second-order valence-corrected chi connectivity index (χ2v) is 5.44. The van der Waals surface area contributed by atoms with E-state index in [1.54, 1.807) is 0 Å². The van der Waals surface area contributed by atoms with E-state index in [0.29, 0.717) is 0 Å². The van der Waals surface area contributed by atoms with Crippen molar-refractivity contribution in [1.82, 2.24) is 9.80 Å². The van der Waals surface area contributed by atoms with Crippen molar-refractivity contribution in [2.75, 3.05) is 26.2 Å². The molecule has 0 radical (unpaired) electrons. The van der Waals surface area contributed by atoms with Crippen LogP contribution in [0.15, 0.2) is 0 Å². The second kappa shape index (κ2) is 5.83. The zero-order chi connectivity index (χ0) is 12.3. The van der Waals surface area contributed by atoms with Crippen LogP contribution < -0.4 is 5.73 Å². The Morgan fingerprint density at radius 2 is 1.71 bits per heavy atom. The smallest absolute Gasteiger partial charge is 0.234 e. The Kier molecular flexibility index (Phi) is 4.40. The highest BCUT2D eigenvalue weighted by Crippen LogP contribution is 2.21. The summed E-state index contributed by atoms with van der Waals surface area (Å²) in [5, 5.41) is 0. The molecule has 1 unspecified atom stereocenters. The largest absolute Gasteiger partial charge is 0.368 e. The lowest BCUT2D eigenvalue weighted by molar-refractivity contribution is -0.123. The first-order chi connectivity index (χ1) is 8.18. The minimum atomic E-state index is -0.193. The molecule has 0 aromatic carbocycles. The molecule has 2 aliphatic heterocycles. The number of amides is 1. The van der Waals surface area contributed by atoms with E-state index in [0.717, 1.165) is 19.1 Å². The maximum atomic E-state index is 11.2. The number of hydrogen-bond acceptors (Lipinski definition) is 3. The van der Waals surface area contributed by atoms with Gasteiger partial charge >= 0.3 is 0 Å². The summed E-state index contributed by atoms with van der Waals surface area (Å²) in [5.41, 5.74) is 5.35. The molecule has 0 bridgehead atoms. The Morgan fingerprint density at radius 3 is 2.24 bits per heavy atom. The molecule has 4 nitrogen and oxygen atoms in total. The van der Waals surface area contributed by atoms with Gasteiger partial charge < -0.3 is 10.6 Å². The minimum Gasteiger partial charge on any atom is -0.368 e. The third-order valence-electron chi connectivity index (χ3n) is 4.37. The van der Waals surface area contributed by atoms with E-state index in [4.69, 9.17) is 5.73 Å². The van der Waals surface area contributed by atoms with Crippen molar-refractivity contribution in [3.8, 4) is 0 Å². The van der Waals surface area contributed by atoms with Gasteiger partial charge in [0.1, 0.15) is 0 Å². The van der Waals surface area contributed by atoms with Crippen LogP contribution in [0.2, 0.25) is 0 Å². The van der Waals surface area contributed by atoms with Crippen molar-refractivity contribution in [3.05, 3.63) is 0 Å². The molecule has 2 fully saturated rings. The average Bonchev–Trinajstić information content (AvgIpc) is 2.39. The van der Waals surface area contributed by atoms with Crippen molar-refractivity contribution in [2.24, 2.45) is 5.73 Å². The number of piperidine rings is 2. The topological polar surface area (TPSA) is 49.6 Å². The Labute approximate surface area is 104 Å². The molecule has 2 N–H and O–H groups in total. The van der Waals surface area contributed by atoms with E-state index in [1.165, 1.54) is 45.2 Å². The van der Waals surface area contributed by atoms with Gasteiger partial charge in [0.25, 0.3) is 0 Å². The zero-order valence-corrected chi connectivity index (χ0v) is 10.9. The lowest BCUT2D eigenvalue weighted by Crippen LogP contribution is -2.51. The molecule has 0 spiro atoms. The van der Waals surface area contributed by atoms with Crippen LogP contribution in [0.25, 0.3) is 0 Å². The molecule has 0 aromatic rings. The van der Waals surface area contributed by atoms with Crippen molar-refractivity contribution >= 4 is 5.91 Å². The molecule has 2 aliphatic rings. The monoisotopic (exact) mass is 239 g/mol. The maximum Gasteiger partial charge on any atom is 0.234 e. The number of nitrogens with two attached hydrogens (primary N) is 1. The molecule has 4 heteroatoms. The normalized spacial score (nSPS) is 26.9. The molecular weight excluding hydrogens is 214 g/mol. The van der Waals surface area contributed by atoms with Crippen LogP contribution in [0.5, 0.6) is 0 Å². The van der Waals surface area contributed by atoms with Crippen LogP contribution in [-0.2, 0) is 4.79 Å². The number of nitrogens with zero attached hydrogens (tertiary/aromatic N) is 2. The van der Waals surface area contributed by atoms with Crippen molar-refractivity contribution < 1.29 is 4.79 Å². The molecule has 1 amide bonds. The van der Waals surface area contributed by atoms with Crippen LogP contribution in [0.4, 0.5) is 0 Å². The molecule has 2 saturated heterocycles. The Bertz CT molecular complexity index is 255. The third kappa shape index (κ3) is 3.19. The molecule has 0 saturated carbocycles. The van der Waals surface area contributed by atoms with Crippen molar-refractivity contribution in [2.45, 2.75) is 51.1 Å². The van der Waals surface area contributed by atoms with Crippen molar-refractivity contribution in [1.29, 1.82) is 0 Å². The quantitative estimate of drug-likeness (QED) is 0.793. The van der Waals surface area contributed by atoms with Crippen LogP contribution in [0.3, 0.4) is 0 Å². The van der Waals surface area contributed by atoms with Crippen LogP contribution in [0.1, 0.15) is 39.0 Å². The molecule has 98 valence electrons. The van der Waals surface area contributed by atoms with Gasteiger partial charge in [0, 0.05) is 19.1 Å². The Morgan fingerprint density at radius 1 is 1.12 bits per heavy atom. The van der Waals surface area contributed by atoms with E-state index in [1.807, 2.05) is 6.92 Å². The molecule has 2 heterocycles. The van der Waals surface area contributed by atoms with Gasteiger partial charge in [-0.25, -0.2) is 0 Å². The number of primary amides is 1. The van der Waals surface area contributed by atoms with Gasteiger partial charge in [-0.3, -0.25) is 9.69 Å². The first-order valence-electron chi connectivity index (χ1n) is 6.96. The summed E-state index contributed by atoms with van der Waals surface area (Å²) in [6.45, 7) is 6.51. The van der Waals surface area contributed by atoms with Crippen LogP contribution in [-0.4, -0.2) is 54.0 Å². The summed E-state index contributed by atoms with van der Waals surface area (Å²) in [6, 6.07) is 0.643. The molecule has 0 aliphatic carbocycles. The van der Waals surface area contributed by atoms with Gasteiger partial charge in [0.2, 0.25) is 5.91 Å². The number of carbonyl (C=O) groups is 1. The summed E-state index contributed by atoms with van der Waals surface area (Å²) in [4.78, 5) is 16.0. The molecule has 17 heavy (non-hydrogen) atoms. The molecule has 2 rings (SSSR count). The number of hydrogen-bond donors (Lipinski definition) is 1. The Hall–Kier alpha value is -0.610. The third-order valence-corrected chi connectivity index (χ3v) is 4.37. The fraction of sp³-hybridized carbons (Fsp3) is 0.923. The zero-order valence-electron chi connectivity index (χ0n) is 10.9. The summed E-state index contributed by atoms with van der Waals surface area (Å²) in [6.07, 6.45) is 6.50. The predicted molar refractivity (Wildman–Crippen MR) is 68.7 cm³/mol. The average molecular weight is 239 g/mol. The van der Waals surface area contributed by atoms with Crippen molar-refractivity contribution in [3.63, 3.8) is 0 Å². The van der Waals surface area contributed by atoms with E-state index in [9.17, 15) is 4.79 Å². The predicted octanol–water partition coefficient (Wildman–Crippen LogP) is 0.811. The molecule has 0 aromatic heterocycles. The van der Waals surface area contributed by atoms with E-state index in [2.05, 4.69) is 9.80 Å². The lowest BCUT2D eigenvalue weighted by atomic mass is 9.99. The van der Waals surface area contributed by atoms with E-state index < -0.39 is 0 Å². The fourth-order valence-corrected chi connectivity index (χ4v) is 3.10. The summed E-state index contributed by atoms with van der Waals surface area (Å²) in [7, 11) is 0. The van der Waals surface area contributed by atoms with Gasteiger partial charge in [0.15, 0.2) is 0 Å². The summed E-state index contributed by atoms with van der Waals surface area (Å²) >= 11 is 0. The van der Waals surface area contributed by atoms with Gasteiger partial charge in [-0.15, -0.1) is 0 Å².